The molecular weight excluding hydrogens is 464 g/mol. The van der Waals surface area contributed by atoms with E-state index in [1.807, 2.05) is 0 Å². The second kappa shape index (κ2) is 10.5. The number of rotatable bonds is 10. The van der Waals surface area contributed by atoms with Crippen LogP contribution in [0.15, 0.2) is 47.1 Å². The third-order valence-electron chi connectivity index (χ3n) is 3.96. The number of carbonyl (C=O) groups excluding carboxylic acids is 1. The van der Waals surface area contributed by atoms with E-state index in [0.29, 0.717) is 10.8 Å². The summed E-state index contributed by atoms with van der Waals surface area (Å²) < 4.78 is 41.0. The van der Waals surface area contributed by atoms with Crippen molar-refractivity contribution in [2.75, 3.05) is 17.1 Å². The Balaban J connectivity index is 1.51. The summed E-state index contributed by atoms with van der Waals surface area (Å²) in [7, 11) is -3.68. The smallest absolute Gasteiger partial charge is 0.374 e. The highest BCUT2D eigenvalue weighted by atomic mass is 35.5. The Labute approximate surface area is 188 Å². The summed E-state index contributed by atoms with van der Waals surface area (Å²) >= 11 is 7.00. The summed E-state index contributed by atoms with van der Waals surface area (Å²) in [5.41, 5.74) is 7.19. The van der Waals surface area contributed by atoms with Crippen LogP contribution in [0.1, 0.15) is 27.5 Å². The number of esters is 1. The first-order valence-corrected chi connectivity index (χ1v) is 11.9. The zero-order valence-corrected chi connectivity index (χ0v) is 18.5. The average molecular weight is 483 g/mol. The molecule has 3 N–H and O–H groups in total. The Bertz CT molecular complexity index is 1160. The van der Waals surface area contributed by atoms with Crippen molar-refractivity contribution in [1.82, 2.24) is 9.36 Å². The van der Waals surface area contributed by atoms with Crippen molar-refractivity contribution in [2.24, 2.45) is 5.73 Å². The molecule has 9 nitrogen and oxygen atoms in total. The highest BCUT2D eigenvalue weighted by Crippen LogP contribution is 2.21. The summed E-state index contributed by atoms with van der Waals surface area (Å²) in [6.45, 7) is 0.281. The number of benzene rings is 1. The molecule has 0 spiro atoms. The second-order valence-electron chi connectivity index (χ2n) is 6.18. The van der Waals surface area contributed by atoms with Gasteiger partial charge in [0.2, 0.25) is 20.9 Å². The summed E-state index contributed by atoms with van der Waals surface area (Å²) in [5.74, 6) is -0.398. The van der Waals surface area contributed by atoms with Crippen LogP contribution in [-0.4, -0.2) is 36.1 Å². The van der Waals surface area contributed by atoms with Gasteiger partial charge in [0.15, 0.2) is 0 Å². The van der Waals surface area contributed by atoms with Gasteiger partial charge in [0, 0.05) is 29.5 Å². The van der Waals surface area contributed by atoms with Crippen LogP contribution in [0.3, 0.4) is 0 Å². The third kappa shape index (κ3) is 6.62. The van der Waals surface area contributed by atoms with E-state index in [9.17, 15) is 13.2 Å². The van der Waals surface area contributed by atoms with E-state index < -0.39 is 16.0 Å². The number of furan rings is 1. The topological polar surface area (TPSA) is 137 Å². The molecule has 31 heavy (non-hydrogen) atoms. The normalized spacial score (nSPS) is 11.7. The predicted molar refractivity (Wildman–Crippen MR) is 118 cm³/mol. The second-order valence-corrected chi connectivity index (χ2v) is 9.10. The van der Waals surface area contributed by atoms with Crippen LogP contribution >= 0.6 is 23.1 Å². The van der Waals surface area contributed by atoms with E-state index in [4.69, 9.17) is 26.5 Å². The van der Waals surface area contributed by atoms with Gasteiger partial charge in [-0.2, -0.15) is 4.37 Å². The molecule has 0 aliphatic carbocycles. The number of halogens is 1. The van der Waals surface area contributed by atoms with E-state index in [2.05, 4.69) is 14.1 Å². The number of hydrogen-bond acceptors (Lipinski definition) is 9. The molecule has 0 radical (unpaired) electrons. The number of nitrogens with one attached hydrogen (secondary N) is 1. The number of hydrogen-bond donors (Lipinski definition) is 2. The van der Waals surface area contributed by atoms with Gasteiger partial charge in [-0.05, 0) is 29.3 Å². The molecule has 3 aromatic rings. The molecule has 3 rings (SSSR count). The minimum Gasteiger partial charge on any atom is -0.459 e. The molecule has 0 unspecified atom stereocenters. The van der Waals surface area contributed by atoms with E-state index in [-0.39, 0.29) is 36.2 Å². The summed E-state index contributed by atoms with van der Waals surface area (Å²) in [6, 6.07) is 8.37. The van der Waals surface area contributed by atoms with Crippen LogP contribution < -0.4 is 10.5 Å². The number of ether oxygens (including phenoxy) is 1. The largest absolute Gasteiger partial charge is 0.459 e. The quantitative estimate of drug-likeness (QED) is 0.420. The molecule has 0 atom stereocenters. The first-order valence-electron chi connectivity index (χ1n) is 9.05. The minimum atomic E-state index is -3.68. The Hall–Kier alpha value is -2.73. The SMILES string of the molecule is NCc1c(Cl)cccc1C=CCS(=O)(=O)Nc1nc(CCOC(=O)c2ccco2)ns1. The lowest BCUT2D eigenvalue weighted by atomic mass is 10.1. The maximum atomic E-state index is 12.3. The fourth-order valence-electron chi connectivity index (χ4n) is 2.52. The first-order chi connectivity index (χ1) is 14.9. The fraction of sp³-hybridized carbons (Fsp3) is 0.211. The Morgan fingerprint density at radius 2 is 2.16 bits per heavy atom. The predicted octanol–water partition coefficient (Wildman–Crippen LogP) is 3.10. The summed E-state index contributed by atoms with van der Waals surface area (Å²) in [5, 5.41) is 0.660. The van der Waals surface area contributed by atoms with Gasteiger partial charge in [-0.1, -0.05) is 35.9 Å². The van der Waals surface area contributed by atoms with E-state index in [1.54, 1.807) is 30.3 Å². The van der Waals surface area contributed by atoms with Gasteiger partial charge in [-0.15, -0.1) is 0 Å². The number of anilines is 1. The van der Waals surface area contributed by atoms with E-state index in [0.717, 1.165) is 22.7 Å². The first kappa shape index (κ1) is 22.9. The summed E-state index contributed by atoms with van der Waals surface area (Å²) in [6.07, 6.45) is 4.77. The molecule has 2 heterocycles. The molecule has 0 fully saturated rings. The number of nitrogens with two attached hydrogens (primary N) is 1. The molecule has 0 aliphatic heterocycles. The molecule has 164 valence electrons. The van der Waals surface area contributed by atoms with Gasteiger partial charge in [-0.3, -0.25) is 4.72 Å². The van der Waals surface area contributed by atoms with Gasteiger partial charge in [0.05, 0.1) is 18.6 Å². The van der Waals surface area contributed by atoms with Crippen LogP contribution in [0.5, 0.6) is 0 Å². The Morgan fingerprint density at radius 3 is 2.90 bits per heavy atom. The molecule has 0 aliphatic rings. The Kier molecular flexibility index (Phi) is 7.80. The number of carbonyl (C=O) groups is 1. The van der Waals surface area contributed by atoms with Crippen molar-refractivity contribution in [3.05, 3.63) is 70.4 Å². The van der Waals surface area contributed by atoms with Crippen molar-refractivity contribution in [2.45, 2.75) is 13.0 Å². The molecular formula is C19H19ClN4O5S2. The van der Waals surface area contributed by atoms with Crippen molar-refractivity contribution in [3.8, 4) is 0 Å². The zero-order chi connectivity index (χ0) is 22.3. The van der Waals surface area contributed by atoms with Gasteiger partial charge >= 0.3 is 5.97 Å². The van der Waals surface area contributed by atoms with Crippen LogP contribution in [0.4, 0.5) is 5.13 Å². The minimum absolute atomic E-state index is 0.0360. The molecule has 0 amide bonds. The van der Waals surface area contributed by atoms with Gasteiger partial charge in [0.25, 0.3) is 0 Å². The Morgan fingerprint density at radius 1 is 1.32 bits per heavy atom. The molecule has 0 saturated heterocycles. The number of sulfonamides is 1. The maximum absolute atomic E-state index is 12.3. The average Bonchev–Trinajstić information content (AvgIpc) is 3.40. The molecule has 1 aromatic carbocycles. The summed E-state index contributed by atoms with van der Waals surface area (Å²) in [4.78, 5) is 15.8. The van der Waals surface area contributed by atoms with Crippen molar-refractivity contribution < 1.29 is 22.4 Å². The maximum Gasteiger partial charge on any atom is 0.374 e. The van der Waals surface area contributed by atoms with Crippen LogP contribution in [-0.2, 0) is 27.7 Å². The van der Waals surface area contributed by atoms with Crippen LogP contribution in [0, 0.1) is 0 Å². The standard InChI is InChI=1S/C19H19ClN4O5S2/c20-15-6-1-4-13(14(15)12-21)5-3-11-31(26,27)24-19-22-17(23-30-19)8-10-29-18(25)16-7-2-9-28-16/h1-7,9H,8,10-12,21H2,(H,22,23,24). The highest BCUT2D eigenvalue weighted by Gasteiger charge is 2.14. The van der Waals surface area contributed by atoms with Crippen molar-refractivity contribution in [1.29, 1.82) is 0 Å². The lowest BCUT2D eigenvalue weighted by Crippen LogP contribution is -2.15. The molecule has 0 bridgehead atoms. The van der Waals surface area contributed by atoms with Crippen molar-refractivity contribution in [3.63, 3.8) is 0 Å². The van der Waals surface area contributed by atoms with Gasteiger partial charge < -0.3 is 14.9 Å². The van der Waals surface area contributed by atoms with Gasteiger partial charge in [0.1, 0.15) is 5.82 Å². The fourth-order valence-corrected chi connectivity index (χ4v) is 4.52. The third-order valence-corrected chi connectivity index (χ3v) is 6.25. The molecule has 2 aromatic heterocycles. The highest BCUT2D eigenvalue weighted by molar-refractivity contribution is 7.93. The van der Waals surface area contributed by atoms with Crippen LogP contribution in [0.2, 0.25) is 5.02 Å². The van der Waals surface area contributed by atoms with Gasteiger partial charge in [-0.25, -0.2) is 18.2 Å². The van der Waals surface area contributed by atoms with E-state index >= 15 is 0 Å². The van der Waals surface area contributed by atoms with E-state index in [1.165, 1.54) is 18.4 Å². The lowest BCUT2D eigenvalue weighted by molar-refractivity contribution is 0.0471. The lowest BCUT2D eigenvalue weighted by Gasteiger charge is -2.05. The number of nitrogens with zero attached hydrogens (tertiary/aromatic N) is 2. The van der Waals surface area contributed by atoms with Crippen molar-refractivity contribution >= 4 is 50.3 Å². The molecule has 0 saturated carbocycles. The monoisotopic (exact) mass is 482 g/mol. The van der Waals surface area contributed by atoms with Crippen LogP contribution in [0.25, 0.3) is 6.08 Å². The molecule has 12 heteroatoms. The zero-order valence-electron chi connectivity index (χ0n) is 16.2. The number of aromatic nitrogens is 2.